The number of nitrogens with one attached hydrogen (secondary N) is 1. The Hall–Kier alpha value is -7.33. The zero-order valence-electron chi connectivity index (χ0n) is 78.9. The molecule has 36 nitrogen and oxygen atoms in total. The number of aliphatic hydroxyl groups is 10. The van der Waals surface area contributed by atoms with E-state index in [1.54, 1.807) is 73.6 Å². The van der Waals surface area contributed by atoms with Gasteiger partial charge >= 0.3 is 0 Å². The van der Waals surface area contributed by atoms with Gasteiger partial charge in [0.25, 0.3) is 0 Å². The van der Waals surface area contributed by atoms with E-state index in [9.17, 15) is 51.1 Å². The number of allylic oxidation sites excluding steroid dienone is 1. The Labute approximate surface area is 768 Å². The molecule has 5 aliphatic heterocycles. The van der Waals surface area contributed by atoms with Crippen molar-refractivity contribution in [2.45, 2.75) is 241 Å². The molecule has 0 radical (unpaired) electrons. The molecule has 19 N–H and O–H groups in total. The first-order valence-corrected chi connectivity index (χ1v) is 60.3. The van der Waals surface area contributed by atoms with Crippen LogP contribution in [0.25, 0.3) is 55.8 Å². The molecule has 724 valence electrons. The summed E-state index contributed by atoms with van der Waals surface area (Å²) in [7, 11) is 0. The van der Waals surface area contributed by atoms with Gasteiger partial charge in [0.15, 0.2) is 70.7 Å². The second-order valence-electron chi connectivity index (χ2n) is 38.5. The molecule has 0 aromatic carbocycles. The summed E-state index contributed by atoms with van der Waals surface area (Å²) >= 11 is 0. The maximum atomic E-state index is 10.7. The van der Waals surface area contributed by atoms with Crippen molar-refractivity contribution in [2.24, 2.45) is 0 Å². The van der Waals surface area contributed by atoms with E-state index < -0.39 is 157 Å². The molecule has 5 aliphatic rings. The predicted octanol–water partition coefficient (Wildman–Crippen LogP) is 8.41. The fourth-order valence-corrected chi connectivity index (χ4v) is 21.3. The van der Waals surface area contributed by atoms with Crippen LogP contribution in [0.15, 0.2) is 73.4 Å². The summed E-state index contributed by atoms with van der Waals surface area (Å²) in [4.78, 5) is 48.8. The molecule has 5 fully saturated rings. The van der Waals surface area contributed by atoms with E-state index in [1.165, 1.54) is 11.9 Å². The van der Waals surface area contributed by atoms with Crippen molar-refractivity contribution < 1.29 is 74.7 Å². The van der Waals surface area contributed by atoms with Crippen molar-refractivity contribution >= 4 is 150 Å². The molecule has 0 spiro atoms. The Balaban J connectivity index is 0.000000158. The maximum absolute atomic E-state index is 10.7. The first-order chi connectivity index (χ1) is 61.6. The number of rotatable bonds is 30. The minimum Gasteiger partial charge on any atom is -0.397 e. The molecule has 131 heavy (non-hydrogen) atoms. The first kappa shape index (κ1) is 104. The second kappa shape index (κ2) is 43.8. The molecule has 10 aromatic rings. The van der Waals surface area contributed by atoms with E-state index in [0.29, 0.717) is 142 Å². The molecule has 0 amide bonds. The Morgan fingerprint density at radius 3 is 1.06 bits per heavy atom. The number of aliphatic hydroxyl groups excluding tert-OH is 10. The molecular weight excluding hydrogens is 1770 g/mol. The highest BCUT2D eigenvalue weighted by Gasteiger charge is 2.50. The largest absolute Gasteiger partial charge is 0.397 e. The van der Waals surface area contributed by atoms with E-state index in [0.717, 1.165) is 80.4 Å². The summed E-state index contributed by atoms with van der Waals surface area (Å²) in [5.41, 5.74) is 33.4. The van der Waals surface area contributed by atoms with Gasteiger partial charge in [-0.2, -0.15) is 0 Å². The van der Waals surface area contributed by atoms with Gasteiger partial charge in [-0.1, -0.05) is 45.8 Å². The van der Waals surface area contributed by atoms with Gasteiger partial charge in [0, 0.05) is 50.6 Å². The van der Waals surface area contributed by atoms with Crippen molar-refractivity contribution in [1.29, 1.82) is 0 Å². The Morgan fingerprint density at radius 2 is 0.718 bits per heavy atom. The summed E-state index contributed by atoms with van der Waals surface area (Å²) in [6, 6.07) is 6.80. The number of fused-ring (bicyclic) bond motifs is 5. The third-order valence-corrected chi connectivity index (χ3v) is 31.4. The van der Waals surface area contributed by atoms with Crippen LogP contribution in [-0.4, -0.2) is 356 Å². The summed E-state index contributed by atoms with van der Waals surface area (Å²) in [5.74, 6) is 3.52. The number of unbranched alkanes of at least 4 members (excludes halogenated alkanes) is 1. The van der Waals surface area contributed by atoms with Crippen LogP contribution in [0.2, 0.25) is 0 Å². The standard InChI is InChI=1S/C20H32N5O3P.C19H31N4O3P.C18H29N4O3P.C17H27N4O3P.C16H25N4O3P/c1-6-13(2)7-9-21-18-15-19(23-11-22-18)25(12-24-15)20-17(27)16(26)14(28-20)8-10-29(3,4)5;1-5-6-7-14-22-15-12(20)8-10-21-18(15)23(14)19-17(25)16(24)13(26-19)9-11-27(2,3)4;1-5-6-13-21-14-11(19)7-9-20-17(14)22(13)18-16(24)15(23)12(25-18)8-10-26(2,3)4;1-5-12-20-13-10(18)6-8-19-16(13)21(12)17-15(23)14(22)11(24-17)7-9-25(2,3)4;1-9-19-12-10(17)5-7-18-15(12)20(9)16-14(22)13(21)11(23-16)6-8-24(2,3)4/h7,11-12,14,16-17,20,26-27H,3,6,8-10H2,1-2,4-5H3,(H,21,22,23);8,10,13,16-17,19,24-25H,2,5-7,9,11H2,1,3-4H3,(H2,20,21);7,9,12,15-16,18,23-24H,2,5-6,8,10H2,1,3-4H3,(H2,19,20);6,8,11,14-15,17,22-23H,2,5,7,9H2,1,3-4H3,(H2,18,19);5,7,11,13-14,16,21-22H,2,6,8H2,1,3-4H3,(H2,17,18)/b13-7-;;;;/t14-,16-,17-,20-;13-,16-,17-,19-;12-,15-,16-,18-;11-,14-,15-,17-;11-,13-,14-,16-/m11111/s1. The fourth-order valence-electron chi connectivity index (χ4n) is 16.5. The smallest absolute Gasteiger partial charge is 0.167 e. The minimum absolute atomic E-state index is 0.427. The van der Waals surface area contributed by atoms with Crippen LogP contribution in [0.1, 0.15) is 147 Å². The van der Waals surface area contributed by atoms with Gasteiger partial charge in [-0.05, 0) is 187 Å². The lowest BCUT2D eigenvalue weighted by molar-refractivity contribution is -0.0368. The molecule has 15 rings (SSSR count). The van der Waals surface area contributed by atoms with Gasteiger partial charge in [-0.25, -0.2) is 54.8 Å². The van der Waals surface area contributed by atoms with E-state index in [4.69, 9.17) is 46.6 Å². The number of pyridine rings is 4. The lowest BCUT2D eigenvalue weighted by Gasteiger charge is -2.20. The third-order valence-electron chi connectivity index (χ3n) is 24.1. The number of aryl methyl sites for hydroxylation is 4. The summed E-state index contributed by atoms with van der Waals surface area (Å²) in [6.45, 7) is 28.1. The predicted molar refractivity (Wildman–Crippen MR) is 539 cm³/mol. The van der Waals surface area contributed by atoms with Crippen molar-refractivity contribution in [1.82, 2.24) is 77.7 Å². The topological polar surface area (TPSA) is 531 Å². The zero-order chi connectivity index (χ0) is 96.0. The van der Waals surface area contributed by atoms with Crippen LogP contribution in [0.5, 0.6) is 0 Å². The van der Waals surface area contributed by atoms with Crippen LogP contribution >= 0.6 is 34.4 Å². The summed E-state index contributed by atoms with van der Waals surface area (Å²) in [5, 5.41) is 109. The molecule has 0 aliphatic carbocycles. The molecule has 0 bridgehead atoms. The quantitative estimate of drug-likeness (QED) is 0.0148. The average molecular weight is 1920 g/mol. The summed E-state index contributed by atoms with van der Waals surface area (Å²) in [6.07, 6.45) is 30.7. The zero-order valence-corrected chi connectivity index (χ0v) is 83.3. The molecule has 15 heterocycles. The number of aromatic nitrogens is 16. The highest BCUT2D eigenvalue weighted by Crippen LogP contribution is 2.47. The number of ether oxygens (including phenoxy) is 5. The minimum atomic E-state index is -1.24. The van der Waals surface area contributed by atoms with E-state index in [1.807, 2.05) is 18.4 Å². The SMILES string of the molecule is C=P(C)(C)CC[C@H]1O[C@@H](n2c(C)nc3c(N)ccnc32)[C@H](O)[C@@H]1O.C=P(C)(C)CC[C@H]1O[C@@H](n2c(CC)nc3c(N)ccnc32)[C@H](O)[C@@H]1O.C=P(C)(C)CC[C@H]1O[C@@H](n2c(CCC)nc3c(N)ccnc32)[C@H](O)[C@@H]1O.C=P(C)(C)CC[C@H]1O[C@@H](n2c(CCCC)nc3c(N)ccnc32)[C@H](O)[C@@H]1O.C=P(C)(C)CC[C@H]1O[C@@H](n2cnc3c(NC/C=C(/C)CC)ncnc32)[C@H](O)[C@@H]1O. The second-order valence-corrected chi connectivity index (χ2v) is 60.1. The van der Waals surface area contributed by atoms with E-state index in [2.05, 4.69) is 192 Å². The van der Waals surface area contributed by atoms with Crippen molar-refractivity contribution in [3.05, 3.63) is 96.7 Å². The van der Waals surface area contributed by atoms with Gasteiger partial charge in [0.1, 0.15) is 113 Å². The number of anilines is 5. The number of nitrogens with two attached hydrogens (primary N) is 4. The van der Waals surface area contributed by atoms with Crippen LogP contribution in [0, 0.1) is 6.92 Å². The molecule has 41 heteroatoms. The van der Waals surface area contributed by atoms with Gasteiger partial charge < -0.3 is 103 Å². The number of imidazole rings is 5. The van der Waals surface area contributed by atoms with Gasteiger partial charge in [-0.15, -0.1) is 65.9 Å². The van der Waals surface area contributed by atoms with Gasteiger partial charge in [0.05, 0.1) is 59.6 Å². The molecular formula is C90H144N21O15P5. The number of nitrogens with zero attached hydrogens (tertiary/aromatic N) is 16. The van der Waals surface area contributed by atoms with Crippen molar-refractivity contribution in [3.63, 3.8) is 0 Å². The monoisotopic (exact) mass is 1910 g/mol. The lowest BCUT2D eigenvalue weighted by Crippen LogP contribution is -2.32. The van der Waals surface area contributed by atoms with Crippen LogP contribution in [-0.2, 0) is 42.9 Å². The molecule has 0 saturated carbocycles. The molecule has 5 saturated heterocycles. The third kappa shape index (κ3) is 25.1. The van der Waals surface area contributed by atoms with Crippen molar-refractivity contribution in [2.75, 3.05) is 132 Å². The maximum Gasteiger partial charge on any atom is 0.167 e. The highest BCUT2D eigenvalue weighted by atomic mass is 31.2. The number of nitrogen functional groups attached to an aromatic ring is 4. The normalized spacial score (nSPS) is 26.7. The Kier molecular flexibility index (Phi) is 34.8. The molecule has 20 atom stereocenters. The fraction of sp³-hybridized carbons (Fsp3) is 0.600. The van der Waals surface area contributed by atoms with E-state index in [-0.39, 0.29) is 0 Å². The van der Waals surface area contributed by atoms with Gasteiger partial charge in [-0.3, -0.25) is 22.8 Å². The molecule has 0 unspecified atom stereocenters. The number of hydrogen-bond donors (Lipinski definition) is 15. The molecule has 10 aromatic heterocycles. The Morgan fingerprint density at radius 1 is 0.397 bits per heavy atom. The highest BCUT2D eigenvalue weighted by molar-refractivity contribution is 7.73. The first-order valence-electron chi connectivity index (χ1n) is 45.0. The average Bonchev–Trinajstić information content (AvgIpc) is 1.61. The van der Waals surface area contributed by atoms with Gasteiger partial charge in [0.2, 0.25) is 0 Å². The summed E-state index contributed by atoms with van der Waals surface area (Å²) < 4.78 is 39.1. The lowest BCUT2D eigenvalue weighted by atomic mass is 10.1. The van der Waals surface area contributed by atoms with Crippen LogP contribution in [0.3, 0.4) is 0 Å². The Bertz CT molecular complexity index is 5840. The van der Waals surface area contributed by atoms with Crippen molar-refractivity contribution in [3.8, 4) is 0 Å². The number of hydrogen-bond acceptors (Lipinski definition) is 31. The van der Waals surface area contributed by atoms with E-state index >= 15 is 0 Å². The van der Waals surface area contributed by atoms with Crippen LogP contribution in [0.4, 0.5) is 28.6 Å². The van der Waals surface area contributed by atoms with Crippen LogP contribution < -0.4 is 28.3 Å².